The van der Waals surface area contributed by atoms with Crippen LogP contribution in [-0.2, 0) is 4.74 Å². The molecule has 114 valence electrons. The van der Waals surface area contributed by atoms with E-state index < -0.39 is 5.97 Å². The Morgan fingerprint density at radius 2 is 1.91 bits per heavy atom. The molecule has 22 heavy (non-hydrogen) atoms. The third kappa shape index (κ3) is 3.31. The number of carbonyl (C=O) groups excluding carboxylic acids is 2. The number of rotatable bonds is 4. The molecule has 2 aromatic rings. The summed E-state index contributed by atoms with van der Waals surface area (Å²) in [5, 5.41) is 0. The minimum absolute atomic E-state index is 0.235. The van der Waals surface area contributed by atoms with E-state index in [1.807, 2.05) is 0 Å². The maximum absolute atomic E-state index is 12.0. The summed E-state index contributed by atoms with van der Waals surface area (Å²) in [6.45, 7) is 0.638. The first-order valence-corrected chi connectivity index (χ1v) is 8.10. The molecule has 7 heteroatoms. The van der Waals surface area contributed by atoms with E-state index in [9.17, 15) is 9.59 Å². The number of halogens is 1. The molecule has 0 aliphatic carbocycles. The molecular weight excluding hydrogens is 372 g/mol. The predicted octanol–water partition coefficient (Wildman–Crippen LogP) is 3.32. The van der Waals surface area contributed by atoms with Crippen molar-refractivity contribution in [3.05, 3.63) is 44.6 Å². The summed E-state index contributed by atoms with van der Waals surface area (Å²) in [5.41, 5.74) is 0.324. The normalized spacial score (nSPS) is 12.8. The van der Waals surface area contributed by atoms with Gasteiger partial charge in [0.2, 0.25) is 5.78 Å². The van der Waals surface area contributed by atoms with Crippen LogP contribution in [0.3, 0.4) is 0 Å². The lowest BCUT2D eigenvalue weighted by Gasteiger charge is -2.18. The Hall–Kier alpha value is -1.86. The minimum Gasteiger partial charge on any atom is -0.486 e. The van der Waals surface area contributed by atoms with Crippen LogP contribution in [0.25, 0.3) is 0 Å². The Bertz CT molecular complexity index is 724. The van der Waals surface area contributed by atoms with Gasteiger partial charge in [0.15, 0.2) is 18.1 Å². The molecular formula is C15H11BrO5S. The van der Waals surface area contributed by atoms with Crippen LogP contribution in [0.4, 0.5) is 0 Å². The Morgan fingerprint density at radius 1 is 1.14 bits per heavy atom. The van der Waals surface area contributed by atoms with Gasteiger partial charge in [0, 0.05) is 0 Å². The Morgan fingerprint density at radius 3 is 2.64 bits per heavy atom. The number of benzene rings is 1. The molecule has 1 aromatic heterocycles. The number of thiophene rings is 1. The second-order valence-corrected chi connectivity index (χ2v) is 6.92. The van der Waals surface area contributed by atoms with Gasteiger partial charge >= 0.3 is 5.97 Å². The number of ether oxygens (including phenoxy) is 3. The van der Waals surface area contributed by atoms with E-state index in [4.69, 9.17) is 14.2 Å². The summed E-state index contributed by atoms with van der Waals surface area (Å²) in [4.78, 5) is 24.4. The summed E-state index contributed by atoms with van der Waals surface area (Å²) in [6, 6.07) is 8.27. The molecule has 1 aromatic carbocycles. The monoisotopic (exact) mass is 382 g/mol. The van der Waals surface area contributed by atoms with Crippen LogP contribution >= 0.6 is 27.3 Å². The molecule has 0 atom stereocenters. The molecule has 0 radical (unpaired) electrons. The molecule has 0 saturated carbocycles. The average molecular weight is 383 g/mol. The molecule has 1 aliphatic heterocycles. The van der Waals surface area contributed by atoms with E-state index in [1.54, 1.807) is 30.3 Å². The Labute approximate surface area is 138 Å². The zero-order valence-corrected chi connectivity index (χ0v) is 13.7. The zero-order valence-electron chi connectivity index (χ0n) is 11.3. The fourth-order valence-electron chi connectivity index (χ4n) is 1.92. The molecule has 0 N–H and O–H groups in total. The first kappa shape index (κ1) is 15.1. The standard InChI is InChI=1S/C15H11BrO5S/c16-14-4-3-13(22-14)10(17)8-21-15(18)9-1-2-11-12(7-9)20-6-5-19-11/h1-4,7H,5-6,8H2. The number of fused-ring (bicyclic) bond motifs is 1. The molecule has 0 amide bonds. The van der Waals surface area contributed by atoms with Crippen molar-refractivity contribution in [2.24, 2.45) is 0 Å². The molecule has 0 saturated heterocycles. The van der Waals surface area contributed by atoms with Crippen molar-refractivity contribution < 1.29 is 23.8 Å². The SMILES string of the molecule is O=C(OCC(=O)c1ccc(Br)s1)c1ccc2c(c1)OCCO2. The van der Waals surface area contributed by atoms with Crippen molar-refractivity contribution in [3.8, 4) is 11.5 Å². The number of esters is 1. The summed E-state index contributed by atoms with van der Waals surface area (Å²) in [5.74, 6) is 0.305. The van der Waals surface area contributed by atoms with Crippen LogP contribution in [0.2, 0.25) is 0 Å². The van der Waals surface area contributed by atoms with Gasteiger partial charge < -0.3 is 14.2 Å². The molecule has 0 fully saturated rings. The lowest BCUT2D eigenvalue weighted by atomic mass is 10.2. The van der Waals surface area contributed by atoms with Crippen molar-refractivity contribution in [2.45, 2.75) is 0 Å². The van der Waals surface area contributed by atoms with Gasteiger partial charge in [-0.1, -0.05) is 0 Å². The molecule has 1 aliphatic rings. The van der Waals surface area contributed by atoms with Crippen molar-refractivity contribution in [1.82, 2.24) is 0 Å². The molecule has 3 rings (SSSR count). The van der Waals surface area contributed by atoms with E-state index in [-0.39, 0.29) is 12.4 Å². The molecule has 0 bridgehead atoms. The highest BCUT2D eigenvalue weighted by Gasteiger charge is 2.17. The van der Waals surface area contributed by atoms with E-state index in [0.29, 0.717) is 35.2 Å². The first-order chi connectivity index (χ1) is 10.6. The van der Waals surface area contributed by atoms with Gasteiger partial charge in [-0.2, -0.15) is 0 Å². The summed E-state index contributed by atoms with van der Waals surface area (Å²) >= 11 is 4.59. The van der Waals surface area contributed by atoms with Crippen LogP contribution in [0, 0.1) is 0 Å². The van der Waals surface area contributed by atoms with Gasteiger partial charge in [0.05, 0.1) is 14.2 Å². The third-order valence-corrected chi connectivity index (χ3v) is 4.62. The second kappa shape index (κ2) is 6.50. The maximum atomic E-state index is 12.0. The highest BCUT2D eigenvalue weighted by Crippen LogP contribution is 2.31. The maximum Gasteiger partial charge on any atom is 0.338 e. The zero-order chi connectivity index (χ0) is 15.5. The molecule has 0 spiro atoms. The van der Waals surface area contributed by atoms with Crippen LogP contribution in [-0.4, -0.2) is 31.6 Å². The lowest BCUT2D eigenvalue weighted by Crippen LogP contribution is -2.17. The topological polar surface area (TPSA) is 61.8 Å². The quantitative estimate of drug-likeness (QED) is 0.599. The lowest BCUT2D eigenvalue weighted by molar-refractivity contribution is 0.0475. The summed E-state index contributed by atoms with van der Waals surface area (Å²) in [7, 11) is 0. The number of ketones is 1. The van der Waals surface area contributed by atoms with Crippen LogP contribution in [0.1, 0.15) is 20.0 Å². The van der Waals surface area contributed by atoms with Gasteiger partial charge in [0.1, 0.15) is 13.2 Å². The smallest absolute Gasteiger partial charge is 0.338 e. The van der Waals surface area contributed by atoms with Crippen molar-refractivity contribution in [3.63, 3.8) is 0 Å². The number of hydrogen-bond donors (Lipinski definition) is 0. The van der Waals surface area contributed by atoms with Gasteiger partial charge in [-0.15, -0.1) is 11.3 Å². The first-order valence-electron chi connectivity index (χ1n) is 6.49. The number of carbonyl (C=O) groups is 2. The summed E-state index contributed by atoms with van der Waals surface area (Å²) < 4.78 is 16.7. The summed E-state index contributed by atoms with van der Waals surface area (Å²) in [6.07, 6.45) is 0. The molecule has 5 nitrogen and oxygen atoms in total. The van der Waals surface area contributed by atoms with Gasteiger partial charge in [-0.3, -0.25) is 4.79 Å². The second-order valence-electron chi connectivity index (χ2n) is 4.46. The fraction of sp³-hybridized carbons (Fsp3) is 0.200. The predicted molar refractivity (Wildman–Crippen MR) is 84.1 cm³/mol. The van der Waals surface area contributed by atoms with Crippen molar-refractivity contribution >= 4 is 39.0 Å². The highest BCUT2D eigenvalue weighted by molar-refractivity contribution is 9.11. The van der Waals surface area contributed by atoms with Gasteiger partial charge in [-0.25, -0.2) is 4.79 Å². The highest BCUT2D eigenvalue weighted by atomic mass is 79.9. The largest absolute Gasteiger partial charge is 0.486 e. The third-order valence-electron chi connectivity index (χ3n) is 2.96. The average Bonchev–Trinajstić information content (AvgIpc) is 2.98. The van der Waals surface area contributed by atoms with E-state index in [2.05, 4.69) is 15.9 Å². The van der Waals surface area contributed by atoms with Crippen molar-refractivity contribution in [2.75, 3.05) is 19.8 Å². The Balaban J connectivity index is 1.63. The van der Waals surface area contributed by atoms with Crippen molar-refractivity contribution in [1.29, 1.82) is 0 Å². The molecule has 2 heterocycles. The fourth-order valence-corrected chi connectivity index (χ4v) is 3.23. The van der Waals surface area contributed by atoms with Crippen LogP contribution < -0.4 is 9.47 Å². The number of hydrogen-bond acceptors (Lipinski definition) is 6. The minimum atomic E-state index is -0.569. The van der Waals surface area contributed by atoms with Gasteiger partial charge in [0.25, 0.3) is 0 Å². The van der Waals surface area contributed by atoms with E-state index in [0.717, 1.165) is 3.79 Å². The van der Waals surface area contributed by atoms with E-state index >= 15 is 0 Å². The van der Waals surface area contributed by atoms with Gasteiger partial charge in [-0.05, 0) is 46.3 Å². The van der Waals surface area contributed by atoms with Crippen LogP contribution in [0.5, 0.6) is 11.5 Å². The number of Topliss-reactive ketones (excluding diaryl/α,β-unsaturated/α-hetero) is 1. The molecule has 0 unspecified atom stereocenters. The Kier molecular flexibility index (Phi) is 4.44. The van der Waals surface area contributed by atoms with E-state index in [1.165, 1.54) is 11.3 Å². The van der Waals surface area contributed by atoms with Crippen LogP contribution in [0.15, 0.2) is 34.1 Å².